The lowest BCUT2D eigenvalue weighted by molar-refractivity contribution is -0.113. The Morgan fingerprint density at radius 3 is 2.55 bits per heavy atom. The van der Waals surface area contributed by atoms with Gasteiger partial charge in [-0.1, -0.05) is 48.0 Å². The Hall–Kier alpha value is -1.95. The van der Waals surface area contributed by atoms with E-state index < -0.39 is 0 Å². The number of nitrogens with one attached hydrogen (secondary N) is 1. The molecule has 0 radical (unpaired) electrons. The molecule has 29 heavy (non-hydrogen) atoms. The first-order valence-corrected chi connectivity index (χ1v) is 11.6. The number of anilines is 1. The SMILES string of the molecule is Cc1cc(CSc2ccccc2)ccc1NC(=O)CSCc1c(F)cccc1Cl. The summed E-state index contributed by atoms with van der Waals surface area (Å²) in [5.74, 6) is 1.00. The van der Waals surface area contributed by atoms with Crippen LogP contribution in [0.25, 0.3) is 0 Å². The Morgan fingerprint density at radius 2 is 1.83 bits per heavy atom. The van der Waals surface area contributed by atoms with Gasteiger partial charge in [0.15, 0.2) is 0 Å². The third-order valence-corrected chi connectivity index (χ3v) is 6.65. The minimum absolute atomic E-state index is 0.114. The van der Waals surface area contributed by atoms with E-state index in [4.69, 9.17) is 11.6 Å². The first-order valence-electron chi connectivity index (χ1n) is 9.11. The minimum Gasteiger partial charge on any atom is -0.325 e. The minimum atomic E-state index is -0.342. The second-order valence-electron chi connectivity index (χ2n) is 6.49. The fourth-order valence-corrected chi connectivity index (χ4v) is 4.77. The van der Waals surface area contributed by atoms with Crippen LogP contribution in [0.3, 0.4) is 0 Å². The van der Waals surface area contributed by atoms with Crippen molar-refractivity contribution in [1.82, 2.24) is 0 Å². The van der Waals surface area contributed by atoms with Crippen molar-refractivity contribution >= 4 is 46.7 Å². The number of halogens is 2. The van der Waals surface area contributed by atoms with Crippen molar-refractivity contribution in [2.45, 2.75) is 23.3 Å². The number of carbonyl (C=O) groups is 1. The molecule has 0 heterocycles. The van der Waals surface area contributed by atoms with Crippen molar-refractivity contribution in [2.75, 3.05) is 11.1 Å². The Kier molecular flexibility index (Phi) is 8.04. The first-order chi connectivity index (χ1) is 14.0. The van der Waals surface area contributed by atoms with E-state index in [9.17, 15) is 9.18 Å². The number of thioether (sulfide) groups is 2. The number of aryl methyl sites for hydroxylation is 1. The normalized spacial score (nSPS) is 10.7. The molecular formula is C23H21ClFNOS2. The Balaban J connectivity index is 1.50. The molecule has 0 unspecified atom stereocenters. The van der Waals surface area contributed by atoms with Gasteiger partial charge in [0.2, 0.25) is 5.91 Å². The lowest BCUT2D eigenvalue weighted by Crippen LogP contribution is -2.15. The molecule has 2 nitrogen and oxygen atoms in total. The summed E-state index contributed by atoms with van der Waals surface area (Å²) in [6, 6.07) is 20.9. The molecule has 3 rings (SSSR count). The molecule has 0 saturated carbocycles. The van der Waals surface area contributed by atoms with Gasteiger partial charge in [0.1, 0.15) is 5.82 Å². The van der Waals surface area contributed by atoms with Crippen LogP contribution >= 0.6 is 35.1 Å². The smallest absolute Gasteiger partial charge is 0.234 e. The zero-order chi connectivity index (χ0) is 20.6. The van der Waals surface area contributed by atoms with Crippen LogP contribution < -0.4 is 5.32 Å². The Bertz CT molecular complexity index is 962. The first kappa shape index (κ1) is 21.8. The maximum Gasteiger partial charge on any atom is 0.234 e. The van der Waals surface area contributed by atoms with E-state index in [1.807, 2.05) is 37.3 Å². The molecule has 0 spiro atoms. The van der Waals surface area contributed by atoms with Crippen molar-refractivity contribution in [3.63, 3.8) is 0 Å². The lowest BCUT2D eigenvalue weighted by Gasteiger charge is -2.11. The number of benzene rings is 3. The molecule has 0 aliphatic carbocycles. The van der Waals surface area contributed by atoms with Gasteiger partial charge in [0.05, 0.1) is 5.75 Å². The summed E-state index contributed by atoms with van der Waals surface area (Å²) in [4.78, 5) is 13.5. The van der Waals surface area contributed by atoms with E-state index in [2.05, 4.69) is 23.5 Å². The van der Waals surface area contributed by atoms with Crippen LogP contribution in [0, 0.1) is 12.7 Å². The molecule has 3 aromatic carbocycles. The maximum absolute atomic E-state index is 13.8. The highest BCUT2D eigenvalue weighted by Gasteiger charge is 2.10. The monoisotopic (exact) mass is 445 g/mol. The standard InChI is InChI=1S/C23H21ClFNOS2/c1-16-12-17(13-29-18-6-3-2-4-7-18)10-11-22(16)26-23(27)15-28-14-19-20(24)8-5-9-21(19)25/h2-12H,13-15H2,1H3,(H,26,27). The average molecular weight is 446 g/mol. The van der Waals surface area contributed by atoms with Crippen molar-refractivity contribution in [2.24, 2.45) is 0 Å². The number of hydrogen-bond acceptors (Lipinski definition) is 3. The van der Waals surface area contributed by atoms with Gasteiger partial charge in [-0.3, -0.25) is 4.79 Å². The number of hydrogen-bond donors (Lipinski definition) is 1. The van der Waals surface area contributed by atoms with Crippen LogP contribution in [0.2, 0.25) is 5.02 Å². The zero-order valence-corrected chi connectivity index (χ0v) is 18.3. The van der Waals surface area contributed by atoms with Crippen LogP contribution in [0.5, 0.6) is 0 Å². The van der Waals surface area contributed by atoms with Crippen LogP contribution in [-0.4, -0.2) is 11.7 Å². The quantitative estimate of drug-likeness (QED) is 0.380. The number of carbonyl (C=O) groups excluding carboxylic acids is 1. The van der Waals surface area contributed by atoms with Gasteiger partial charge < -0.3 is 5.32 Å². The highest BCUT2D eigenvalue weighted by atomic mass is 35.5. The van der Waals surface area contributed by atoms with Crippen molar-refractivity contribution in [1.29, 1.82) is 0 Å². The highest BCUT2D eigenvalue weighted by molar-refractivity contribution is 7.99. The third-order valence-electron chi connectivity index (χ3n) is 4.25. The maximum atomic E-state index is 13.8. The van der Waals surface area contributed by atoms with E-state index in [0.717, 1.165) is 17.0 Å². The fourth-order valence-electron chi connectivity index (χ4n) is 2.74. The van der Waals surface area contributed by atoms with Crippen LogP contribution in [-0.2, 0) is 16.3 Å². The van der Waals surface area contributed by atoms with E-state index in [-0.39, 0.29) is 17.5 Å². The Labute approximate surface area is 184 Å². The Morgan fingerprint density at radius 1 is 1.03 bits per heavy atom. The molecule has 0 aromatic heterocycles. The number of rotatable bonds is 8. The van der Waals surface area contributed by atoms with Crippen LogP contribution in [0.1, 0.15) is 16.7 Å². The van der Waals surface area contributed by atoms with Crippen LogP contribution in [0.15, 0.2) is 71.6 Å². The van der Waals surface area contributed by atoms with Crippen molar-refractivity contribution in [3.8, 4) is 0 Å². The number of amides is 1. The van der Waals surface area contributed by atoms with Crippen LogP contribution in [0.4, 0.5) is 10.1 Å². The predicted octanol–water partition coefficient (Wildman–Crippen LogP) is 6.95. The molecule has 0 bridgehead atoms. The van der Waals surface area contributed by atoms with E-state index in [0.29, 0.717) is 16.3 Å². The summed E-state index contributed by atoms with van der Waals surface area (Å²) in [6.45, 7) is 1.98. The van der Waals surface area contributed by atoms with Crippen molar-refractivity contribution in [3.05, 3.63) is 94.3 Å². The van der Waals surface area contributed by atoms with Gasteiger partial charge in [-0.15, -0.1) is 23.5 Å². The summed E-state index contributed by atoms with van der Waals surface area (Å²) in [5.41, 5.74) is 3.46. The van der Waals surface area contributed by atoms with Gasteiger partial charge in [-0.25, -0.2) is 4.39 Å². The second-order valence-corrected chi connectivity index (χ2v) is 8.93. The summed E-state index contributed by atoms with van der Waals surface area (Å²) < 4.78 is 13.8. The molecule has 0 saturated heterocycles. The van der Waals surface area contributed by atoms with Gasteiger partial charge in [-0.2, -0.15) is 0 Å². The van der Waals surface area contributed by atoms with E-state index in [1.165, 1.54) is 28.3 Å². The molecular weight excluding hydrogens is 425 g/mol. The molecule has 0 aliphatic heterocycles. The summed E-state index contributed by atoms with van der Waals surface area (Å²) in [7, 11) is 0. The largest absolute Gasteiger partial charge is 0.325 e. The average Bonchev–Trinajstić information content (AvgIpc) is 2.71. The second kappa shape index (κ2) is 10.7. The molecule has 150 valence electrons. The summed E-state index contributed by atoms with van der Waals surface area (Å²) >= 11 is 9.14. The lowest BCUT2D eigenvalue weighted by atomic mass is 10.1. The van der Waals surface area contributed by atoms with Crippen molar-refractivity contribution < 1.29 is 9.18 Å². The fraction of sp³-hybridized carbons (Fsp3) is 0.174. The van der Waals surface area contributed by atoms with E-state index in [1.54, 1.807) is 23.9 Å². The topological polar surface area (TPSA) is 29.1 Å². The summed E-state index contributed by atoms with van der Waals surface area (Å²) in [6.07, 6.45) is 0. The molecule has 1 amide bonds. The van der Waals surface area contributed by atoms with Gasteiger partial charge in [0.25, 0.3) is 0 Å². The molecule has 0 fully saturated rings. The molecule has 0 aliphatic rings. The third kappa shape index (κ3) is 6.53. The molecule has 3 aromatic rings. The highest BCUT2D eigenvalue weighted by Crippen LogP contribution is 2.26. The predicted molar refractivity (Wildman–Crippen MR) is 123 cm³/mol. The van der Waals surface area contributed by atoms with Gasteiger partial charge in [0, 0.05) is 32.7 Å². The molecule has 6 heteroatoms. The molecule has 0 atom stereocenters. The molecule has 1 N–H and O–H groups in total. The zero-order valence-electron chi connectivity index (χ0n) is 16.0. The summed E-state index contributed by atoms with van der Waals surface area (Å²) in [5, 5.41) is 3.32. The van der Waals surface area contributed by atoms with E-state index >= 15 is 0 Å². The van der Waals surface area contributed by atoms with Gasteiger partial charge in [-0.05, 0) is 48.4 Å². The van der Waals surface area contributed by atoms with Gasteiger partial charge >= 0.3 is 0 Å².